The molecular weight excluding hydrogens is 252 g/mol. The summed E-state index contributed by atoms with van der Waals surface area (Å²) in [5.74, 6) is 6.11. The molecule has 0 N–H and O–H groups in total. The Kier molecular flexibility index (Phi) is 3.84. The molecule has 19 heavy (non-hydrogen) atoms. The van der Waals surface area contributed by atoms with Crippen LogP contribution in [0.25, 0.3) is 0 Å². The van der Waals surface area contributed by atoms with Gasteiger partial charge in [-0.3, -0.25) is 0 Å². The Bertz CT molecular complexity index is 440. The molecule has 1 saturated carbocycles. The molecule has 1 aliphatic carbocycles. The van der Waals surface area contributed by atoms with Crippen molar-refractivity contribution in [1.29, 1.82) is 0 Å². The lowest BCUT2D eigenvalue weighted by molar-refractivity contribution is -0.219. The highest BCUT2D eigenvalue weighted by Gasteiger charge is 2.60. The predicted octanol–water partition coefficient (Wildman–Crippen LogP) is 3.05. The lowest BCUT2D eigenvalue weighted by Gasteiger charge is -2.40. The van der Waals surface area contributed by atoms with Crippen molar-refractivity contribution in [3.8, 4) is 23.8 Å². The van der Waals surface area contributed by atoms with Crippen molar-refractivity contribution in [2.75, 3.05) is 13.2 Å². The normalized spacial score (nSPS) is 32.9. The van der Waals surface area contributed by atoms with Crippen LogP contribution in [-0.4, -0.2) is 27.1 Å². The van der Waals surface area contributed by atoms with Crippen molar-refractivity contribution in [2.45, 2.75) is 51.6 Å². The number of ether oxygens (including phenoxy) is 2. The largest absolute Gasteiger partial charge is 0.347 e. The van der Waals surface area contributed by atoms with Crippen molar-refractivity contribution >= 4 is 8.07 Å². The molecule has 1 heterocycles. The third-order valence-electron chi connectivity index (χ3n) is 4.25. The summed E-state index contributed by atoms with van der Waals surface area (Å²) in [7, 11) is -1.36. The van der Waals surface area contributed by atoms with Crippen LogP contribution in [0.3, 0.4) is 0 Å². The average Bonchev–Trinajstić information content (AvgIpc) is 2.86. The second kappa shape index (κ2) is 4.98. The standard InChI is InChI=1S/C16H24O2Si/c1-6-9-15(2)14(8-13-19(3,4)5)7-10-16(15)17-11-12-18-16/h1,14H,7,9-12H2,2-5H3. The first kappa shape index (κ1) is 14.7. The number of hydrogen-bond donors (Lipinski definition) is 0. The third kappa shape index (κ3) is 2.61. The SMILES string of the molecule is C#CCC1(C)C(C#C[Si](C)(C)C)CCC12OCCO2. The minimum Gasteiger partial charge on any atom is -0.347 e. The predicted molar refractivity (Wildman–Crippen MR) is 80.0 cm³/mol. The Balaban J connectivity index is 2.30. The van der Waals surface area contributed by atoms with E-state index in [1.54, 1.807) is 0 Å². The van der Waals surface area contributed by atoms with Crippen LogP contribution in [0.4, 0.5) is 0 Å². The summed E-state index contributed by atoms with van der Waals surface area (Å²) in [6, 6.07) is 0. The van der Waals surface area contributed by atoms with Crippen molar-refractivity contribution in [1.82, 2.24) is 0 Å². The molecule has 2 atom stereocenters. The first-order chi connectivity index (χ1) is 8.83. The first-order valence-electron chi connectivity index (χ1n) is 7.07. The highest BCUT2D eigenvalue weighted by atomic mass is 28.3. The van der Waals surface area contributed by atoms with Gasteiger partial charge in [-0.15, -0.1) is 23.8 Å². The molecule has 104 valence electrons. The molecule has 2 rings (SSSR count). The number of terminal acetylenes is 1. The molecule has 0 radical (unpaired) electrons. The molecule has 2 fully saturated rings. The lowest BCUT2D eigenvalue weighted by atomic mass is 9.74. The molecule has 2 aliphatic rings. The van der Waals surface area contributed by atoms with E-state index in [2.05, 4.69) is 43.9 Å². The van der Waals surface area contributed by atoms with E-state index in [4.69, 9.17) is 15.9 Å². The maximum atomic E-state index is 5.96. The van der Waals surface area contributed by atoms with Crippen molar-refractivity contribution in [2.24, 2.45) is 11.3 Å². The fourth-order valence-electron chi connectivity index (χ4n) is 3.14. The van der Waals surface area contributed by atoms with Crippen LogP contribution in [0.5, 0.6) is 0 Å². The topological polar surface area (TPSA) is 18.5 Å². The zero-order valence-electron chi connectivity index (χ0n) is 12.5. The molecule has 0 amide bonds. The summed E-state index contributed by atoms with van der Waals surface area (Å²) in [5, 5.41) is 0. The van der Waals surface area contributed by atoms with Crippen LogP contribution in [0, 0.1) is 35.1 Å². The van der Waals surface area contributed by atoms with Gasteiger partial charge in [0.25, 0.3) is 0 Å². The van der Waals surface area contributed by atoms with E-state index in [0.717, 1.165) is 12.8 Å². The van der Waals surface area contributed by atoms with E-state index in [0.29, 0.717) is 19.6 Å². The van der Waals surface area contributed by atoms with E-state index in [1.165, 1.54) is 0 Å². The average molecular weight is 276 g/mol. The maximum absolute atomic E-state index is 5.96. The summed E-state index contributed by atoms with van der Waals surface area (Å²) in [6.07, 6.45) is 8.19. The van der Waals surface area contributed by atoms with Crippen molar-refractivity contribution in [3.63, 3.8) is 0 Å². The molecule has 3 heteroatoms. The minimum atomic E-state index is -1.36. The molecule has 2 nitrogen and oxygen atoms in total. The summed E-state index contributed by atoms with van der Waals surface area (Å²) in [5.41, 5.74) is 3.32. The maximum Gasteiger partial charge on any atom is 0.175 e. The fourth-order valence-corrected chi connectivity index (χ4v) is 3.74. The van der Waals surface area contributed by atoms with Crippen LogP contribution in [0.2, 0.25) is 19.6 Å². The van der Waals surface area contributed by atoms with Crippen molar-refractivity contribution < 1.29 is 9.47 Å². The van der Waals surface area contributed by atoms with Gasteiger partial charge in [0.1, 0.15) is 8.07 Å². The van der Waals surface area contributed by atoms with Crippen LogP contribution in [-0.2, 0) is 9.47 Å². The highest BCUT2D eigenvalue weighted by Crippen LogP contribution is 2.56. The number of hydrogen-bond acceptors (Lipinski definition) is 2. The molecule has 2 unspecified atom stereocenters. The number of rotatable bonds is 1. The summed E-state index contributed by atoms with van der Waals surface area (Å²) >= 11 is 0. The molecule has 1 saturated heterocycles. The van der Waals surface area contributed by atoms with Gasteiger partial charge in [-0.25, -0.2) is 0 Å². The van der Waals surface area contributed by atoms with Crippen LogP contribution in [0.15, 0.2) is 0 Å². The van der Waals surface area contributed by atoms with Gasteiger partial charge in [0, 0.05) is 24.2 Å². The Hall–Kier alpha value is -0.743. The second-order valence-corrected chi connectivity index (χ2v) is 11.6. The summed E-state index contributed by atoms with van der Waals surface area (Å²) in [4.78, 5) is 0. The van der Waals surface area contributed by atoms with E-state index < -0.39 is 13.9 Å². The zero-order chi connectivity index (χ0) is 14.1. The Morgan fingerprint density at radius 2 is 1.89 bits per heavy atom. The van der Waals surface area contributed by atoms with Gasteiger partial charge < -0.3 is 9.47 Å². The van der Waals surface area contributed by atoms with E-state index in [-0.39, 0.29) is 11.3 Å². The molecule has 0 aromatic rings. The molecule has 0 aromatic carbocycles. The molecule has 1 spiro atoms. The third-order valence-corrected chi connectivity index (χ3v) is 5.14. The van der Waals surface area contributed by atoms with Gasteiger partial charge in [-0.05, 0) is 6.42 Å². The molecule has 1 aliphatic heterocycles. The molecule has 0 bridgehead atoms. The van der Waals surface area contributed by atoms with Gasteiger partial charge in [-0.2, -0.15) is 0 Å². The van der Waals surface area contributed by atoms with E-state index in [1.807, 2.05) is 0 Å². The van der Waals surface area contributed by atoms with Gasteiger partial charge in [0.15, 0.2) is 5.79 Å². The van der Waals surface area contributed by atoms with Gasteiger partial charge in [0.2, 0.25) is 0 Å². The molecule has 0 aromatic heterocycles. The molecular formula is C16H24O2Si. The Morgan fingerprint density at radius 3 is 2.42 bits per heavy atom. The quantitative estimate of drug-likeness (QED) is 0.541. The second-order valence-electron chi connectivity index (χ2n) is 6.86. The summed E-state index contributed by atoms with van der Waals surface area (Å²) in [6.45, 7) is 10.3. The zero-order valence-corrected chi connectivity index (χ0v) is 13.5. The Morgan fingerprint density at radius 1 is 1.26 bits per heavy atom. The van der Waals surface area contributed by atoms with E-state index >= 15 is 0 Å². The monoisotopic (exact) mass is 276 g/mol. The summed E-state index contributed by atoms with van der Waals surface area (Å²) < 4.78 is 11.9. The van der Waals surface area contributed by atoms with E-state index in [9.17, 15) is 0 Å². The first-order valence-corrected chi connectivity index (χ1v) is 10.6. The lowest BCUT2D eigenvalue weighted by Crippen LogP contribution is -2.45. The van der Waals surface area contributed by atoms with Crippen LogP contribution < -0.4 is 0 Å². The smallest absolute Gasteiger partial charge is 0.175 e. The van der Waals surface area contributed by atoms with Gasteiger partial charge in [-0.1, -0.05) is 26.6 Å². The van der Waals surface area contributed by atoms with Crippen LogP contribution >= 0.6 is 0 Å². The highest BCUT2D eigenvalue weighted by molar-refractivity contribution is 6.83. The fraction of sp³-hybridized carbons (Fsp3) is 0.750. The van der Waals surface area contributed by atoms with Crippen LogP contribution in [0.1, 0.15) is 26.2 Å². The van der Waals surface area contributed by atoms with Gasteiger partial charge in [0.05, 0.1) is 13.2 Å². The van der Waals surface area contributed by atoms with Gasteiger partial charge >= 0.3 is 0 Å². The minimum absolute atomic E-state index is 0.176. The Labute approximate surface area is 118 Å². The van der Waals surface area contributed by atoms with Crippen molar-refractivity contribution in [3.05, 3.63) is 0 Å².